The molecule has 1 aliphatic rings. The Labute approximate surface area is 141 Å². The summed E-state index contributed by atoms with van der Waals surface area (Å²) in [5, 5.41) is 3.05. The van der Waals surface area contributed by atoms with Gasteiger partial charge in [0.15, 0.2) is 0 Å². The molecule has 118 valence electrons. The molecule has 1 aliphatic heterocycles. The third-order valence-electron chi connectivity index (χ3n) is 4.37. The zero-order valence-corrected chi connectivity index (χ0v) is 13.3. The molecule has 1 amide bonds. The van der Waals surface area contributed by atoms with Crippen molar-refractivity contribution in [1.29, 1.82) is 0 Å². The van der Waals surface area contributed by atoms with Crippen molar-refractivity contribution in [2.24, 2.45) is 0 Å². The summed E-state index contributed by atoms with van der Waals surface area (Å²) in [4.78, 5) is 14.8. The van der Waals surface area contributed by atoms with Crippen molar-refractivity contribution < 1.29 is 4.79 Å². The maximum atomic E-state index is 12.5. The van der Waals surface area contributed by atoms with E-state index in [1.807, 2.05) is 48.5 Å². The Morgan fingerprint density at radius 1 is 0.792 bits per heavy atom. The quantitative estimate of drug-likeness (QED) is 0.764. The Kier molecular flexibility index (Phi) is 3.75. The smallest absolute Gasteiger partial charge is 0.255 e. The second-order valence-corrected chi connectivity index (χ2v) is 5.87. The van der Waals surface area contributed by atoms with E-state index < -0.39 is 0 Å². The lowest BCUT2D eigenvalue weighted by molar-refractivity contribution is 0.102. The highest BCUT2D eigenvalue weighted by Crippen LogP contribution is 2.38. The Bertz CT molecular complexity index is 874. The van der Waals surface area contributed by atoms with Gasteiger partial charge in [0, 0.05) is 17.8 Å². The first-order valence-corrected chi connectivity index (χ1v) is 8.14. The lowest BCUT2D eigenvalue weighted by Crippen LogP contribution is -2.18. The van der Waals surface area contributed by atoms with E-state index in [4.69, 9.17) is 0 Å². The first kappa shape index (κ1) is 14.5. The van der Waals surface area contributed by atoms with E-state index >= 15 is 0 Å². The molecular weight excluding hydrogens is 296 g/mol. The van der Waals surface area contributed by atoms with Crippen molar-refractivity contribution in [3.63, 3.8) is 0 Å². The molecule has 0 aromatic heterocycles. The van der Waals surface area contributed by atoms with Crippen LogP contribution in [-0.4, -0.2) is 12.5 Å². The molecule has 3 heteroatoms. The second-order valence-electron chi connectivity index (χ2n) is 5.87. The lowest BCUT2D eigenvalue weighted by atomic mass is 10.1. The van der Waals surface area contributed by atoms with E-state index in [1.54, 1.807) is 0 Å². The first-order chi connectivity index (χ1) is 11.8. The monoisotopic (exact) mass is 314 g/mol. The van der Waals surface area contributed by atoms with Crippen molar-refractivity contribution in [2.75, 3.05) is 16.8 Å². The van der Waals surface area contributed by atoms with Crippen LogP contribution in [0.2, 0.25) is 0 Å². The van der Waals surface area contributed by atoms with Crippen molar-refractivity contribution in [3.05, 3.63) is 90.0 Å². The van der Waals surface area contributed by atoms with Gasteiger partial charge in [-0.2, -0.15) is 0 Å². The number of nitrogens with one attached hydrogen (secondary N) is 1. The Morgan fingerprint density at radius 2 is 1.46 bits per heavy atom. The third-order valence-corrected chi connectivity index (χ3v) is 4.37. The SMILES string of the molecule is O=C(Nc1ccccc1N1CCc2ccccc21)c1ccccc1. The molecule has 0 atom stereocenters. The molecule has 0 bridgehead atoms. The number of carbonyl (C=O) groups excluding carboxylic acids is 1. The summed E-state index contributed by atoms with van der Waals surface area (Å²) in [7, 11) is 0. The fourth-order valence-corrected chi connectivity index (χ4v) is 3.19. The number of anilines is 3. The summed E-state index contributed by atoms with van der Waals surface area (Å²) >= 11 is 0. The molecule has 3 nitrogen and oxygen atoms in total. The lowest BCUT2D eigenvalue weighted by Gasteiger charge is -2.23. The first-order valence-electron chi connectivity index (χ1n) is 8.14. The Morgan fingerprint density at radius 3 is 2.29 bits per heavy atom. The minimum atomic E-state index is -0.0875. The van der Waals surface area contributed by atoms with Gasteiger partial charge in [0.25, 0.3) is 5.91 Å². The number of nitrogens with zero attached hydrogens (tertiary/aromatic N) is 1. The molecule has 1 N–H and O–H groups in total. The van der Waals surface area contributed by atoms with Gasteiger partial charge < -0.3 is 10.2 Å². The standard InChI is InChI=1S/C21H18N2O/c24-21(17-9-2-1-3-10-17)22-18-11-5-7-13-20(18)23-15-14-16-8-4-6-12-19(16)23/h1-13H,14-15H2,(H,22,24). The van der Waals surface area contributed by atoms with Gasteiger partial charge in [-0.25, -0.2) is 0 Å². The Balaban J connectivity index is 1.66. The van der Waals surface area contributed by atoms with Gasteiger partial charge >= 0.3 is 0 Å². The number of hydrogen-bond donors (Lipinski definition) is 1. The predicted octanol–water partition coefficient (Wildman–Crippen LogP) is 4.63. The summed E-state index contributed by atoms with van der Waals surface area (Å²) < 4.78 is 0. The average Bonchev–Trinajstić information content (AvgIpc) is 3.07. The number of amides is 1. The number of fused-ring (bicyclic) bond motifs is 1. The van der Waals surface area contributed by atoms with Crippen LogP contribution in [0.25, 0.3) is 0 Å². The van der Waals surface area contributed by atoms with Crippen LogP contribution in [0.15, 0.2) is 78.9 Å². The minimum absolute atomic E-state index is 0.0875. The molecule has 4 rings (SSSR count). The number of hydrogen-bond acceptors (Lipinski definition) is 2. The highest BCUT2D eigenvalue weighted by atomic mass is 16.1. The van der Waals surface area contributed by atoms with Gasteiger partial charge in [0.05, 0.1) is 11.4 Å². The van der Waals surface area contributed by atoms with Gasteiger partial charge in [-0.15, -0.1) is 0 Å². The van der Waals surface area contributed by atoms with E-state index in [0.717, 1.165) is 24.3 Å². The molecule has 0 saturated carbocycles. The van der Waals surface area contributed by atoms with Crippen LogP contribution < -0.4 is 10.2 Å². The third kappa shape index (κ3) is 2.65. The summed E-state index contributed by atoms with van der Waals surface area (Å²) in [6.07, 6.45) is 1.02. The normalized spacial score (nSPS) is 12.8. The molecule has 24 heavy (non-hydrogen) atoms. The molecule has 3 aromatic carbocycles. The Hall–Kier alpha value is -3.07. The predicted molar refractivity (Wildman–Crippen MR) is 98.0 cm³/mol. The second kappa shape index (κ2) is 6.20. The fourth-order valence-electron chi connectivity index (χ4n) is 3.19. The van der Waals surface area contributed by atoms with Crippen LogP contribution in [0.4, 0.5) is 17.1 Å². The molecule has 0 radical (unpaired) electrons. The molecular formula is C21H18N2O. The van der Waals surface area contributed by atoms with E-state index in [0.29, 0.717) is 5.56 Å². The molecule has 0 aliphatic carbocycles. The van der Waals surface area contributed by atoms with Crippen LogP contribution >= 0.6 is 0 Å². The van der Waals surface area contributed by atoms with E-state index in [-0.39, 0.29) is 5.91 Å². The largest absolute Gasteiger partial charge is 0.339 e. The van der Waals surface area contributed by atoms with Gasteiger partial charge in [-0.3, -0.25) is 4.79 Å². The molecule has 0 fully saturated rings. The minimum Gasteiger partial charge on any atom is -0.339 e. The molecule has 3 aromatic rings. The zero-order chi connectivity index (χ0) is 16.4. The van der Waals surface area contributed by atoms with Crippen molar-refractivity contribution >= 4 is 23.0 Å². The molecule has 1 heterocycles. The van der Waals surface area contributed by atoms with Crippen molar-refractivity contribution in [3.8, 4) is 0 Å². The molecule has 0 spiro atoms. The van der Waals surface area contributed by atoms with Crippen molar-refractivity contribution in [2.45, 2.75) is 6.42 Å². The average molecular weight is 314 g/mol. The maximum Gasteiger partial charge on any atom is 0.255 e. The topological polar surface area (TPSA) is 32.3 Å². The number of para-hydroxylation sites is 3. The number of rotatable bonds is 3. The fraction of sp³-hybridized carbons (Fsp3) is 0.0952. The molecule has 0 unspecified atom stereocenters. The van der Waals surface area contributed by atoms with Crippen molar-refractivity contribution in [1.82, 2.24) is 0 Å². The summed E-state index contributed by atoms with van der Waals surface area (Å²) in [5.74, 6) is -0.0875. The highest BCUT2D eigenvalue weighted by Gasteiger charge is 2.22. The zero-order valence-electron chi connectivity index (χ0n) is 13.3. The summed E-state index contributed by atoms with van der Waals surface area (Å²) in [5.41, 5.74) is 5.10. The summed E-state index contributed by atoms with van der Waals surface area (Å²) in [6.45, 7) is 0.928. The van der Waals surface area contributed by atoms with Gasteiger partial charge in [-0.1, -0.05) is 48.5 Å². The number of benzene rings is 3. The van der Waals surface area contributed by atoms with E-state index in [9.17, 15) is 4.79 Å². The van der Waals surface area contributed by atoms with E-state index in [2.05, 4.69) is 40.5 Å². The molecule has 0 saturated heterocycles. The van der Waals surface area contributed by atoms with Crippen LogP contribution in [0, 0.1) is 0 Å². The van der Waals surface area contributed by atoms with E-state index in [1.165, 1.54) is 11.3 Å². The highest BCUT2D eigenvalue weighted by molar-refractivity contribution is 6.06. The van der Waals surface area contributed by atoms with Gasteiger partial charge in [0.1, 0.15) is 0 Å². The van der Waals surface area contributed by atoms with Crippen LogP contribution in [0.3, 0.4) is 0 Å². The van der Waals surface area contributed by atoms with Gasteiger partial charge in [-0.05, 0) is 42.3 Å². The van der Waals surface area contributed by atoms with Gasteiger partial charge in [0.2, 0.25) is 0 Å². The maximum absolute atomic E-state index is 12.5. The summed E-state index contributed by atoms with van der Waals surface area (Å²) in [6, 6.07) is 25.7. The number of carbonyl (C=O) groups is 1. The van der Waals surface area contributed by atoms with Crippen LogP contribution in [0.5, 0.6) is 0 Å². The van der Waals surface area contributed by atoms with Crippen LogP contribution in [-0.2, 0) is 6.42 Å². The van der Waals surface area contributed by atoms with Crippen LogP contribution in [0.1, 0.15) is 15.9 Å².